The number of nitrogens with zero attached hydrogens (tertiary/aromatic N) is 4. The molecule has 0 saturated carbocycles. The number of benzene rings is 2. The summed E-state index contributed by atoms with van der Waals surface area (Å²) in [5, 5.41) is 10.5. The minimum atomic E-state index is -0.957. The Morgan fingerprint density at radius 1 is 0.969 bits per heavy atom. The molecule has 32 heavy (non-hydrogen) atoms. The summed E-state index contributed by atoms with van der Waals surface area (Å²) in [7, 11) is 0. The van der Waals surface area contributed by atoms with Crippen molar-refractivity contribution >= 4 is 28.0 Å². The maximum atomic E-state index is 11.6. The number of hydrogen-bond donors (Lipinski definition) is 1. The van der Waals surface area contributed by atoms with Gasteiger partial charge < -0.3 is 9.67 Å². The number of aromatic nitrogens is 4. The van der Waals surface area contributed by atoms with Crippen molar-refractivity contribution in [2.45, 2.75) is 26.3 Å². The zero-order chi connectivity index (χ0) is 22.1. The summed E-state index contributed by atoms with van der Waals surface area (Å²) in [5.41, 5.74) is 5.30. The molecule has 0 saturated heterocycles. The van der Waals surface area contributed by atoms with Crippen LogP contribution in [0.3, 0.4) is 0 Å². The number of aryl methyl sites for hydroxylation is 1. The third-order valence-corrected chi connectivity index (χ3v) is 5.58. The van der Waals surface area contributed by atoms with Crippen molar-refractivity contribution in [1.82, 2.24) is 19.5 Å². The van der Waals surface area contributed by atoms with E-state index < -0.39 is 5.97 Å². The number of carboxylic acid groups (broad SMARTS) is 1. The number of hydrogen-bond acceptors (Lipinski definition) is 4. The van der Waals surface area contributed by atoms with Gasteiger partial charge in [0.2, 0.25) is 0 Å². The third-order valence-electron chi connectivity index (χ3n) is 5.58. The molecule has 3 heterocycles. The molecule has 0 atom stereocenters. The van der Waals surface area contributed by atoms with Crippen molar-refractivity contribution in [3.8, 4) is 11.3 Å². The predicted molar refractivity (Wildman–Crippen MR) is 125 cm³/mol. The van der Waals surface area contributed by atoms with Crippen molar-refractivity contribution in [3.63, 3.8) is 0 Å². The molecule has 5 aromatic rings. The number of rotatable bonds is 6. The van der Waals surface area contributed by atoms with Gasteiger partial charge in [-0.15, -0.1) is 0 Å². The minimum Gasteiger partial charge on any atom is -0.478 e. The molecule has 158 valence electrons. The Morgan fingerprint density at radius 3 is 2.69 bits per heavy atom. The van der Waals surface area contributed by atoms with Crippen LogP contribution in [0.5, 0.6) is 0 Å². The van der Waals surface area contributed by atoms with Crippen LogP contribution in [0.25, 0.3) is 33.3 Å². The average molecular weight is 422 g/mol. The summed E-state index contributed by atoms with van der Waals surface area (Å²) in [4.78, 5) is 25.6. The van der Waals surface area contributed by atoms with Gasteiger partial charge in [-0.1, -0.05) is 37.3 Å². The Morgan fingerprint density at radius 2 is 1.84 bits per heavy atom. The number of fused-ring (bicyclic) bond motifs is 2. The molecule has 0 aliphatic heterocycles. The normalized spacial score (nSPS) is 11.3. The molecule has 0 aliphatic carbocycles. The number of aromatic carboxylic acids is 1. The molecular formula is C26H22N4O2. The first-order valence-corrected chi connectivity index (χ1v) is 10.7. The van der Waals surface area contributed by atoms with Crippen molar-refractivity contribution in [1.29, 1.82) is 0 Å². The molecule has 5 rings (SSSR count). The summed E-state index contributed by atoms with van der Waals surface area (Å²) in [6, 6.07) is 20.9. The summed E-state index contributed by atoms with van der Waals surface area (Å²) in [5.74, 6) is 0.0851. The fourth-order valence-electron chi connectivity index (χ4n) is 4.08. The third kappa shape index (κ3) is 3.60. The Labute approximate surface area is 185 Å². The van der Waals surface area contributed by atoms with E-state index in [1.165, 1.54) is 0 Å². The molecular weight excluding hydrogens is 400 g/mol. The summed E-state index contributed by atoms with van der Waals surface area (Å²) in [6.07, 6.45) is 3.72. The number of pyridine rings is 2. The Hall–Kier alpha value is -4.06. The van der Waals surface area contributed by atoms with Gasteiger partial charge in [0.15, 0.2) is 5.65 Å². The van der Waals surface area contributed by atoms with Crippen LogP contribution in [0, 0.1) is 0 Å². The van der Waals surface area contributed by atoms with Crippen LogP contribution in [0.4, 0.5) is 0 Å². The molecule has 0 aliphatic rings. The smallest absolute Gasteiger partial charge is 0.336 e. The van der Waals surface area contributed by atoms with Crippen molar-refractivity contribution in [2.24, 2.45) is 0 Å². The summed E-state index contributed by atoms with van der Waals surface area (Å²) in [6.45, 7) is 2.83. The molecule has 3 aromatic heterocycles. The van der Waals surface area contributed by atoms with E-state index in [1.807, 2.05) is 36.4 Å². The Kier molecular flexibility index (Phi) is 5.11. The number of carbonyl (C=O) groups is 1. The maximum Gasteiger partial charge on any atom is 0.336 e. The molecule has 0 bridgehead atoms. The van der Waals surface area contributed by atoms with E-state index in [1.54, 1.807) is 24.4 Å². The predicted octanol–water partition coefficient (Wildman–Crippen LogP) is 5.35. The van der Waals surface area contributed by atoms with E-state index in [-0.39, 0.29) is 5.56 Å². The topological polar surface area (TPSA) is 80.9 Å². The van der Waals surface area contributed by atoms with E-state index >= 15 is 0 Å². The highest BCUT2D eigenvalue weighted by atomic mass is 16.4. The van der Waals surface area contributed by atoms with E-state index in [4.69, 9.17) is 9.97 Å². The van der Waals surface area contributed by atoms with Crippen molar-refractivity contribution < 1.29 is 9.90 Å². The van der Waals surface area contributed by atoms with Crippen LogP contribution in [-0.2, 0) is 13.0 Å². The first-order valence-electron chi connectivity index (χ1n) is 10.7. The average Bonchev–Trinajstić information content (AvgIpc) is 3.16. The number of carboxylic acids is 1. The second-order valence-corrected chi connectivity index (χ2v) is 7.78. The quantitative estimate of drug-likeness (QED) is 0.399. The van der Waals surface area contributed by atoms with Gasteiger partial charge in [0.05, 0.1) is 23.3 Å². The van der Waals surface area contributed by atoms with Gasteiger partial charge in [-0.3, -0.25) is 0 Å². The van der Waals surface area contributed by atoms with E-state index in [0.717, 1.165) is 46.3 Å². The molecule has 6 nitrogen and oxygen atoms in total. The lowest BCUT2D eigenvalue weighted by molar-refractivity contribution is 0.0697. The monoisotopic (exact) mass is 422 g/mol. The maximum absolute atomic E-state index is 11.6. The van der Waals surface area contributed by atoms with Gasteiger partial charge in [0.25, 0.3) is 0 Å². The van der Waals surface area contributed by atoms with Gasteiger partial charge in [-0.05, 0) is 48.4 Å². The van der Waals surface area contributed by atoms with Crippen LogP contribution < -0.4 is 0 Å². The second kappa shape index (κ2) is 8.23. The molecule has 0 radical (unpaired) electrons. The van der Waals surface area contributed by atoms with E-state index in [2.05, 4.69) is 28.6 Å². The van der Waals surface area contributed by atoms with Crippen LogP contribution >= 0.6 is 0 Å². The molecule has 1 N–H and O–H groups in total. The fourth-order valence-corrected chi connectivity index (χ4v) is 4.08. The van der Waals surface area contributed by atoms with Gasteiger partial charge >= 0.3 is 5.97 Å². The Bertz CT molecular complexity index is 1460. The standard InChI is InChI=1S/C26H22N4O2/c1-2-6-24-29-23-9-5-14-27-25(23)30(24)16-17-10-12-21-18(15-17)11-13-22(28-21)19-7-3-4-8-20(19)26(31)32/h3-5,7-15H,2,6,16H2,1H3,(H,31,32). The zero-order valence-electron chi connectivity index (χ0n) is 17.7. The fraction of sp³-hybridized carbons (Fsp3) is 0.154. The SMILES string of the molecule is CCCc1nc2cccnc2n1Cc1ccc2nc(-c3ccccc3C(=O)O)ccc2c1. The van der Waals surface area contributed by atoms with Crippen LogP contribution in [0.15, 0.2) is 72.9 Å². The molecule has 2 aromatic carbocycles. The molecule has 0 amide bonds. The van der Waals surface area contributed by atoms with Crippen molar-refractivity contribution in [3.05, 3.63) is 89.9 Å². The summed E-state index contributed by atoms with van der Waals surface area (Å²) < 4.78 is 2.19. The lowest BCUT2D eigenvalue weighted by atomic mass is 10.0. The van der Waals surface area contributed by atoms with E-state index in [9.17, 15) is 9.90 Å². The highest BCUT2D eigenvalue weighted by Gasteiger charge is 2.14. The lowest BCUT2D eigenvalue weighted by Crippen LogP contribution is -2.06. The van der Waals surface area contributed by atoms with Gasteiger partial charge in [-0.25, -0.2) is 19.7 Å². The van der Waals surface area contributed by atoms with Crippen LogP contribution in [-0.4, -0.2) is 30.6 Å². The highest BCUT2D eigenvalue weighted by Crippen LogP contribution is 2.26. The molecule has 0 unspecified atom stereocenters. The molecule has 6 heteroatoms. The van der Waals surface area contributed by atoms with Gasteiger partial charge in [0, 0.05) is 23.6 Å². The second-order valence-electron chi connectivity index (χ2n) is 7.78. The van der Waals surface area contributed by atoms with Gasteiger partial charge in [0.1, 0.15) is 11.3 Å². The summed E-state index contributed by atoms with van der Waals surface area (Å²) >= 11 is 0. The zero-order valence-corrected chi connectivity index (χ0v) is 17.7. The molecule has 0 spiro atoms. The van der Waals surface area contributed by atoms with Crippen LogP contribution in [0.2, 0.25) is 0 Å². The first-order chi connectivity index (χ1) is 15.6. The van der Waals surface area contributed by atoms with Crippen molar-refractivity contribution in [2.75, 3.05) is 0 Å². The highest BCUT2D eigenvalue weighted by molar-refractivity contribution is 5.96. The Balaban J connectivity index is 1.52. The first kappa shape index (κ1) is 19.9. The molecule has 0 fully saturated rings. The number of imidazole rings is 1. The lowest BCUT2D eigenvalue weighted by Gasteiger charge is -2.10. The largest absolute Gasteiger partial charge is 0.478 e. The van der Waals surface area contributed by atoms with E-state index in [0.29, 0.717) is 17.8 Å². The van der Waals surface area contributed by atoms with Gasteiger partial charge in [-0.2, -0.15) is 0 Å². The van der Waals surface area contributed by atoms with Crippen LogP contribution in [0.1, 0.15) is 35.1 Å². The minimum absolute atomic E-state index is 0.249.